The Hall–Kier alpha value is -0.950. The summed E-state index contributed by atoms with van der Waals surface area (Å²) in [4.78, 5) is 9.86. The third-order valence-corrected chi connectivity index (χ3v) is 4.87. The summed E-state index contributed by atoms with van der Waals surface area (Å²) in [7, 11) is -3.59. The van der Waals surface area contributed by atoms with Gasteiger partial charge in [0.1, 0.15) is 0 Å². The molecule has 0 spiro atoms. The number of aryl methyl sites for hydroxylation is 2. The Morgan fingerprint density at radius 3 is 2.60 bits per heavy atom. The summed E-state index contributed by atoms with van der Waals surface area (Å²) in [5, 5.41) is 0. The number of nitrogens with one attached hydrogen (secondary N) is 1. The van der Waals surface area contributed by atoms with Gasteiger partial charge in [-0.15, -0.1) is 0 Å². The summed E-state index contributed by atoms with van der Waals surface area (Å²) in [6.07, 6.45) is 2.43. The second-order valence-electron chi connectivity index (χ2n) is 5.25. The number of hydrogen-bond acceptors (Lipinski definition) is 4. The molecule has 1 aromatic carbocycles. The molecule has 20 heavy (non-hydrogen) atoms. The highest BCUT2D eigenvalue weighted by atomic mass is 32.2. The maximum Gasteiger partial charge on any atom is 0.262 e. The maximum atomic E-state index is 12.1. The average Bonchev–Trinajstić information content (AvgIpc) is 2.87. The number of hydrogen-bond donors (Lipinski definition) is 1. The summed E-state index contributed by atoms with van der Waals surface area (Å²) >= 11 is 0. The van der Waals surface area contributed by atoms with Gasteiger partial charge in [-0.1, -0.05) is 22.6 Å². The lowest BCUT2D eigenvalue weighted by Gasteiger charge is -2.15. The van der Waals surface area contributed by atoms with Crippen molar-refractivity contribution in [2.24, 2.45) is 0 Å². The van der Waals surface area contributed by atoms with Gasteiger partial charge in [-0.25, -0.2) is 8.42 Å². The molecule has 1 fully saturated rings. The summed E-state index contributed by atoms with van der Waals surface area (Å²) in [6, 6.07) is 5.24. The van der Waals surface area contributed by atoms with E-state index in [0.29, 0.717) is 6.61 Å². The minimum absolute atomic E-state index is 0.268. The van der Waals surface area contributed by atoms with E-state index >= 15 is 0 Å². The van der Waals surface area contributed by atoms with Crippen LogP contribution >= 0.6 is 0 Å². The zero-order valence-corrected chi connectivity index (χ0v) is 12.9. The van der Waals surface area contributed by atoms with Crippen LogP contribution in [0.4, 0.5) is 0 Å². The van der Waals surface area contributed by atoms with E-state index in [2.05, 4.69) is 9.79 Å². The summed E-state index contributed by atoms with van der Waals surface area (Å²) in [5.41, 5.74) is 1.76. The van der Waals surface area contributed by atoms with Crippen molar-refractivity contribution in [3.8, 4) is 0 Å². The first-order valence-electron chi connectivity index (χ1n) is 6.92. The molecule has 112 valence electrons. The number of sulfonamides is 1. The third-order valence-electron chi connectivity index (χ3n) is 3.50. The zero-order chi connectivity index (χ0) is 14.6. The Morgan fingerprint density at radius 1 is 1.25 bits per heavy atom. The van der Waals surface area contributed by atoms with Gasteiger partial charge in [-0.3, -0.25) is 4.84 Å². The van der Waals surface area contributed by atoms with Gasteiger partial charge < -0.3 is 4.90 Å². The van der Waals surface area contributed by atoms with Gasteiger partial charge in [0.05, 0.1) is 11.5 Å². The van der Waals surface area contributed by atoms with Crippen LogP contribution in [-0.4, -0.2) is 39.6 Å². The van der Waals surface area contributed by atoms with Crippen LogP contribution in [-0.2, 0) is 14.9 Å². The standard InChI is InChI=1S/C14H22N2O3S/c1-12-5-6-14(13(2)11-12)20(17,18)15-19-10-9-16-7-3-4-8-16/h5-6,11,15H,3-4,7-10H2,1-2H3. The SMILES string of the molecule is Cc1ccc(S(=O)(=O)NOCCN2CCCC2)c(C)c1. The zero-order valence-electron chi connectivity index (χ0n) is 12.1. The molecule has 5 nitrogen and oxygen atoms in total. The molecule has 1 aliphatic heterocycles. The highest BCUT2D eigenvalue weighted by Gasteiger charge is 2.17. The molecule has 1 heterocycles. The Balaban J connectivity index is 1.87. The maximum absolute atomic E-state index is 12.1. The monoisotopic (exact) mass is 298 g/mol. The van der Waals surface area contributed by atoms with Crippen molar-refractivity contribution in [2.75, 3.05) is 26.2 Å². The molecule has 0 bridgehead atoms. The number of likely N-dealkylation sites (tertiary alicyclic amines) is 1. The lowest BCUT2D eigenvalue weighted by molar-refractivity contribution is 0.0756. The largest absolute Gasteiger partial charge is 0.301 e. The Labute approximate surface area is 120 Å². The van der Waals surface area contributed by atoms with Crippen LogP contribution in [0.25, 0.3) is 0 Å². The molecule has 2 rings (SSSR count). The van der Waals surface area contributed by atoms with E-state index in [1.54, 1.807) is 19.1 Å². The van der Waals surface area contributed by atoms with Crippen molar-refractivity contribution < 1.29 is 13.3 Å². The molecule has 0 radical (unpaired) electrons. The minimum Gasteiger partial charge on any atom is -0.301 e. The molecule has 0 saturated carbocycles. The van der Waals surface area contributed by atoms with Gasteiger partial charge in [0, 0.05) is 6.54 Å². The molecular formula is C14H22N2O3S. The molecule has 1 saturated heterocycles. The predicted octanol–water partition coefficient (Wildman–Crippen LogP) is 1.61. The number of nitrogens with zero attached hydrogens (tertiary/aromatic N) is 1. The van der Waals surface area contributed by atoms with Gasteiger partial charge in [-0.2, -0.15) is 0 Å². The molecule has 0 amide bonds. The topological polar surface area (TPSA) is 58.6 Å². The number of benzene rings is 1. The van der Waals surface area contributed by atoms with E-state index in [-0.39, 0.29) is 4.90 Å². The normalized spacial score (nSPS) is 16.7. The first kappa shape index (κ1) is 15.4. The lowest BCUT2D eigenvalue weighted by atomic mass is 10.2. The van der Waals surface area contributed by atoms with Crippen LogP contribution in [0, 0.1) is 13.8 Å². The molecule has 0 unspecified atom stereocenters. The van der Waals surface area contributed by atoms with Crippen molar-refractivity contribution in [1.82, 2.24) is 9.79 Å². The van der Waals surface area contributed by atoms with E-state index in [1.165, 1.54) is 12.8 Å². The molecule has 6 heteroatoms. The van der Waals surface area contributed by atoms with Crippen molar-refractivity contribution in [3.05, 3.63) is 29.3 Å². The molecule has 0 aliphatic carbocycles. The first-order chi connectivity index (χ1) is 9.49. The average molecular weight is 298 g/mol. The van der Waals surface area contributed by atoms with E-state index in [1.807, 2.05) is 13.0 Å². The van der Waals surface area contributed by atoms with Crippen LogP contribution in [0.15, 0.2) is 23.1 Å². The summed E-state index contributed by atoms with van der Waals surface area (Å²) in [6.45, 7) is 7.00. The number of rotatable bonds is 6. The van der Waals surface area contributed by atoms with Crippen molar-refractivity contribution >= 4 is 10.0 Å². The Bertz CT molecular complexity index is 552. The van der Waals surface area contributed by atoms with Gasteiger partial charge in [0.2, 0.25) is 0 Å². The van der Waals surface area contributed by atoms with Crippen molar-refractivity contribution in [3.63, 3.8) is 0 Å². The van der Waals surface area contributed by atoms with Crippen LogP contribution in [0.3, 0.4) is 0 Å². The molecule has 0 atom stereocenters. The second kappa shape index (κ2) is 6.67. The summed E-state index contributed by atoms with van der Waals surface area (Å²) in [5.74, 6) is 0. The highest BCUT2D eigenvalue weighted by molar-refractivity contribution is 7.89. The molecule has 1 aromatic rings. The van der Waals surface area contributed by atoms with Crippen LogP contribution < -0.4 is 4.89 Å². The second-order valence-corrected chi connectivity index (χ2v) is 6.87. The van der Waals surface area contributed by atoms with Crippen LogP contribution in [0.5, 0.6) is 0 Å². The third kappa shape index (κ3) is 4.02. The minimum atomic E-state index is -3.59. The first-order valence-corrected chi connectivity index (χ1v) is 8.40. The fraction of sp³-hybridized carbons (Fsp3) is 0.571. The molecule has 0 aromatic heterocycles. The van der Waals surface area contributed by atoms with E-state index in [4.69, 9.17) is 4.84 Å². The highest BCUT2D eigenvalue weighted by Crippen LogP contribution is 2.16. The fourth-order valence-electron chi connectivity index (χ4n) is 2.45. The van der Waals surface area contributed by atoms with Gasteiger partial charge in [0.15, 0.2) is 0 Å². The Morgan fingerprint density at radius 2 is 1.95 bits per heavy atom. The quantitative estimate of drug-likeness (QED) is 0.640. The Kier molecular flexibility index (Phi) is 5.15. The molecular weight excluding hydrogens is 276 g/mol. The van der Waals surface area contributed by atoms with Crippen LogP contribution in [0.1, 0.15) is 24.0 Å². The van der Waals surface area contributed by atoms with Gasteiger partial charge >= 0.3 is 0 Å². The fourth-order valence-corrected chi connectivity index (χ4v) is 3.50. The van der Waals surface area contributed by atoms with Gasteiger partial charge in [-0.05, 0) is 51.4 Å². The van der Waals surface area contributed by atoms with Crippen molar-refractivity contribution in [1.29, 1.82) is 0 Å². The lowest BCUT2D eigenvalue weighted by Crippen LogP contribution is -2.30. The smallest absolute Gasteiger partial charge is 0.262 e. The molecule has 1 N–H and O–H groups in total. The van der Waals surface area contributed by atoms with Crippen LogP contribution in [0.2, 0.25) is 0 Å². The predicted molar refractivity (Wildman–Crippen MR) is 77.9 cm³/mol. The summed E-state index contributed by atoms with van der Waals surface area (Å²) < 4.78 is 24.2. The van der Waals surface area contributed by atoms with Gasteiger partial charge in [0.25, 0.3) is 10.0 Å². The van der Waals surface area contributed by atoms with E-state index in [9.17, 15) is 8.42 Å². The molecule has 1 aliphatic rings. The van der Waals surface area contributed by atoms with Crippen molar-refractivity contribution in [2.45, 2.75) is 31.6 Å². The van der Waals surface area contributed by atoms with E-state index < -0.39 is 10.0 Å². The van der Waals surface area contributed by atoms with E-state index in [0.717, 1.165) is 30.8 Å².